The third-order valence-corrected chi connectivity index (χ3v) is 11.2. The van der Waals surface area contributed by atoms with Gasteiger partial charge in [0.15, 0.2) is 20.4 Å². The van der Waals surface area contributed by atoms with Gasteiger partial charge in [0.25, 0.3) is 0 Å². The average Bonchev–Trinajstić information content (AvgIpc) is 3.13. The summed E-state index contributed by atoms with van der Waals surface area (Å²) in [6.07, 6.45) is -1.45. The van der Waals surface area contributed by atoms with Crippen LogP contribution in [0, 0.1) is 5.92 Å². The number of hydrogen-bond donors (Lipinski definition) is 1. The molecule has 0 saturated carbocycles. The fourth-order valence-corrected chi connectivity index (χ4v) is 4.84. The molecule has 2 aliphatic rings. The average molecular weight is 453 g/mol. The van der Waals surface area contributed by atoms with Crippen molar-refractivity contribution < 1.29 is 28.5 Å². The Morgan fingerprint density at radius 1 is 1.13 bits per heavy atom. The van der Waals surface area contributed by atoms with Crippen molar-refractivity contribution in [1.29, 1.82) is 0 Å². The highest BCUT2D eigenvalue weighted by Gasteiger charge is 2.56. The fourth-order valence-electron chi connectivity index (χ4n) is 3.78. The van der Waals surface area contributed by atoms with Crippen LogP contribution < -0.4 is 0 Å². The Bertz CT molecular complexity index is 702. The minimum absolute atomic E-state index is 0.0131. The number of hydrogen-bond acceptors (Lipinski definition) is 6. The molecule has 2 fully saturated rings. The summed E-state index contributed by atoms with van der Waals surface area (Å²) in [7, 11) is -1.93. The minimum atomic E-state index is -1.93. The largest absolute Gasteiger partial charge is 0.416 e. The highest BCUT2D eigenvalue weighted by molar-refractivity contribution is 6.74. The molecule has 5 atom stereocenters. The third kappa shape index (κ3) is 6.16. The lowest BCUT2D eigenvalue weighted by atomic mass is 9.95. The fraction of sp³-hybridized carbons (Fsp3) is 0.750. The van der Waals surface area contributed by atoms with Crippen LogP contribution in [0.2, 0.25) is 18.1 Å². The van der Waals surface area contributed by atoms with Crippen LogP contribution in [0.4, 0.5) is 0 Å². The molecule has 0 unspecified atom stereocenters. The van der Waals surface area contributed by atoms with E-state index in [0.29, 0.717) is 19.8 Å². The van der Waals surface area contributed by atoms with Gasteiger partial charge in [0.05, 0.1) is 12.7 Å². The van der Waals surface area contributed by atoms with E-state index in [1.54, 1.807) is 0 Å². The van der Waals surface area contributed by atoms with Gasteiger partial charge in [-0.15, -0.1) is 0 Å². The molecule has 7 heteroatoms. The molecule has 0 radical (unpaired) electrons. The van der Waals surface area contributed by atoms with Gasteiger partial charge in [-0.05, 0) is 44.0 Å². The predicted molar refractivity (Wildman–Crippen MR) is 122 cm³/mol. The van der Waals surface area contributed by atoms with Crippen LogP contribution in [-0.4, -0.2) is 57.0 Å². The minimum Gasteiger partial charge on any atom is -0.416 e. The molecule has 2 saturated heterocycles. The van der Waals surface area contributed by atoms with Crippen molar-refractivity contribution in [2.75, 3.05) is 13.2 Å². The van der Waals surface area contributed by atoms with Gasteiger partial charge >= 0.3 is 0 Å². The van der Waals surface area contributed by atoms with E-state index in [4.69, 9.17) is 23.4 Å². The predicted octanol–water partition coefficient (Wildman–Crippen LogP) is 4.47. The molecule has 31 heavy (non-hydrogen) atoms. The van der Waals surface area contributed by atoms with Gasteiger partial charge in [0.2, 0.25) is 0 Å². The van der Waals surface area contributed by atoms with Gasteiger partial charge in [-0.2, -0.15) is 0 Å². The lowest BCUT2D eigenvalue weighted by Gasteiger charge is -2.38. The van der Waals surface area contributed by atoms with Crippen LogP contribution in [0.25, 0.3) is 0 Å². The monoisotopic (exact) mass is 452 g/mol. The molecule has 6 nitrogen and oxygen atoms in total. The summed E-state index contributed by atoms with van der Waals surface area (Å²) < 4.78 is 30.3. The lowest BCUT2D eigenvalue weighted by molar-refractivity contribution is -0.222. The Labute approximate surface area is 188 Å². The van der Waals surface area contributed by atoms with Gasteiger partial charge in [0.1, 0.15) is 12.2 Å². The maximum absolute atomic E-state index is 11.0. The summed E-state index contributed by atoms with van der Waals surface area (Å²) in [4.78, 5) is 0. The van der Waals surface area contributed by atoms with Crippen LogP contribution >= 0.6 is 0 Å². The van der Waals surface area contributed by atoms with Crippen LogP contribution in [0.15, 0.2) is 30.3 Å². The number of rotatable bonds is 9. The van der Waals surface area contributed by atoms with Gasteiger partial charge in [0, 0.05) is 19.1 Å². The second-order valence-electron chi connectivity index (χ2n) is 10.7. The van der Waals surface area contributed by atoms with Crippen molar-refractivity contribution in [2.45, 2.75) is 96.2 Å². The van der Waals surface area contributed by atoms with Crippen molar-refractivity contribution in [2.24, 2.45) is 5.92 Å². The first kappa shape index (κ1) is 24.8. The van der Waals surface area contributed by atoms with E-state index in [9.17, 15) is 5.11 Å². The van der Waals surface area contributed by atoms with Crippen molar-refractivity contribution in [3.63, 3.8) is 0 Å². The van der Waals surface area contributed by atoms with Gasteiger partial charge in [-0.1, -0.05) is 51.1 Å². The molecule has 176 valence electrons. The molecule has 0 spiro atoms. The van der Waals surface area contributed by atoms with E-state index < -0.39 is 38.7 Å². The van der Waals surface area contributed by atoms with E-state index >= 15 is 0 Å². The standard InChI is InChI=1S/C24H40O6Si/c1-23(2,3)31(6,7)27-16-18(13-14-26-15-17-11-9-8-10-12-17)20-19(25)21-22(28-20)30-24(4,5)29-21/h8-12,18-22,25H,13-16H2,1-7H3/t18-,19+,20-,21+,22+/m0/s1. The van der Waals surface area contributed by atoms with Gasteiger partial charge < -0.3 is 28.5 Å². The number of fused-ring (bicyclic) bond motifs is 1. The third-order valence-electron chi connectivity index (χ3n) is 6.73. The molecule has 2 aliphatic heterocycles. The van der Waals surface area contributed by atoms with Crippen molar-refractivity contribution in [3.05, 3.63) is 35.9 Å². The van der Waals surface area contributed by atoms with Crippen LogP contribution in [-0.2, 0) is 30.0 Å². The van der Waals surface area contributed by atoms with E-state index in [1.165, 1.54) is 0 Å². The molecule has 0 aliphatic carbocycles. The highest BCUT2D eigenvalue weighted by atomic mass is 28.4. The van der Waals surface area contributed by atoms with Crippen molar-refractivity contribution in [3.8, 4) is 0 Å². The summed E-state index contributed by atoms with van der Waals surface area (Å²) in [5, 5.41) is 11.1. The van der Waals surface area contributed by atoms with Crippen molar-refractivity contribution >= 4 is 8.32 Å². The maximum atomic E-state index is 11.0. The molecule has 0 bridgehead atoms. The van der Waals surface area contributed by atoms with E-state index in [-0.39, 0.29) is 11.0 Å². The highest BCUT2D eigenvalue weighted by Crippen LogP contribution is 2.41. The number of aliphatic hydroxyl groups is 1. The Hall–Kier alpha value is -0.803. The van der Waals surface area contributed by atoms with E-state index in [0.717, 1.165) is 12.0 Å². The van der Waals surface area contributed by atoms with Crippen LogP contribution in [0.3, 0.4) is 0 Å². The zero-order chi connectivity index (χ0) is 22.9. The second kappa shape index (κ2) is 9.59. The lowest BCUT2D eigenvalue weighted by Crippen LogP contribution is -2.45. The Kier molecular flexibility index (Phi) is 7.68. The molecule has 1 N–H and O–H groups in total. The summed E-state index contributed by atoms with van der Waals surface area (Å²) in [5.74, 6) is -0.756. The number of aliphatic hydroxyl groups excluding tert-OH is 1. The first-order valence-electron chi connectivity index (χ1n) is 11.3. The Balaban J connectivity index is 1.62. The molecular formula is C24H40O6Si. The maximum Gasteiger partial charge on any atom is 0.191 e. The van der Waals surface area contributed by atoms with Gasteiger partial charge in [-0.3, -0.25) is 0 Å². The van der Waals surface area contributed by atoms with E-state index in [2.05, 4.69) is 46.0 Å². The second-order valence-corrected chi connectivity index (χ2v) is 15.5. The first-order chi connectivity index (χ1) is 14.4. The zero-order valence-electron chi connectivity index (χ0n) is 20.1. The molecule has 0 amide bonds. The van der Waals surface area contributed by atoms with E-state index in [1.807, 2.05) is 32.0 Å². The topological polar surface area (TPSA) is 66.4 Å². The molecule has 3 rings (SSSR count). The first-order valence-corrected chi connectivity index (χ1v) is 14.3. The smallest absolute Gasteiger partial charge is 0.191 e. The quantitative estimate of drug-likeness (QED) is 0.440. The Morgan fingerprint density at radius 3 is 2.42 bits per heavy atom. The number of ether oxygens (including phenoxy) is 4. The zero-order valence-corrected chi connectivity index (χ0v) is 21.1. The molecule has 2 heterocycles. The molecule has 1 aromatic rings. The summed E-state index contributed by atoms with van der Waals surface area (Å²) in [5.41, 5.74) is 1.15. The van der Waals surface area contributed by atoms with Crippen LogP contribution in [0.1, 0.15) is 46.6 Å². The molecular weight excluding hydrogens is 412 g/mol. The van der Waals surface area contributed by atoms with Crippen molar-refractivity contribution in [1.82, 2.24) is 0 Å². The Morgan fingerprint density at radius 2 is 1.81 bits per heavy atom. The van der Waals surface area contributed by atoms with Crippen LogP contribution in [0.5, 0.6) is 0 Å². The summed E-state index contributed by atoms with van der Waals surface area (Å²) >= 11 is 0. The SMILES string of the molecule is CC1(C)O[C@H]2O[C@@H]([C@@H](CCOCc3ccccc3)CO[Si](C)(C)C(C)(C)C)[C@@H](O)[C@H]2O1. The molecule has 0 aromatic heterocycles. The normalized spacial score (nSPS) is 29.2. The van der Waals surface area contributed by atoms with Gasteiger partial charge in [-0.25, -0.2) is 0 Å². The summed E-state index contributed by atoms with van der Waals surface area (Å²) in [6.45, 7) is 16.5. The summed E-state index contributed by atoms with van der Waals surface area (Å²) in [6, 6.07) is 10.1. The number of benzene rings is 1. The molecule has 1 aromatic carbocycles.